The molecular weight excluding hydrogens is 276 g/mol. The van der Waals surface area contributed by atoms with Gasteiger partial charge in [0.2, 0.25) is 0 Å². The largest absolute Gasteiger partial charge is 0.490 e. The third-order valence-electron chi connectivity index (χ3n) is 3.36. The van der Waals surface area contributed by atoms with Crippen LogP contribution in [0.3, 0.4) is 0 Å². The van der Waals surface area contributed by atoms with Gasteiger partial charge in [0.25, 0.3) is 0 Å². The summed E-state index contributed by atoms with van der Waals surface area (Å²) >= 11 is 3.74. The number of fused-ring (bicyclic) bond motifs is 1. The molecule has 2 rings (SSSR count). The molecule has 0 bridgehead atoms. The molecule has 2 unspecified atom stereocenters. The average molecular weight is 297 g/mol. The minimum atomic E-state index is 0.411. The fraction of sp³-hybridized carbons (Fsp3) is 0.600. The van der Waals surface area contributed by atoms with Crippen molar-refractivity contribution >= 4 is 15.9 Å². The number of alkyl halides is 1. The van der Waals surface area contributed by atoms with Gasteiger partial charge >= 0.3 is 0 Å². The molecule has 0 N–H and O–H groups in total. The molecule has 0 fully saturated rings. The molecule has 1 aliphatic rings. The van der Waals surface area contributed by atoms with E-state index in [1.165, 1.54) is 37.7 Å². The SMILES string of the molecule is CCCC(Br)CCCC1Cc2ccccc2O1. The molecule has 0 aromatic heterocycles. The maximum absolute atomic E-state index is 5.93. The molecule has 94 valence electrons. The maximum atomic E-state index is 5.93. The van der Waals surface area contributed by atoms with E-state index in [1.807, 2.05) is 0 Å². The number of hydrogen-bond acceptors (Lipinski definition) is 1. The van der Waals surface area contributed by atoms with Crippen molar-refractivity contribution in [3.05, 3.63) is 29.8 Å². The monoisotopic (exact) mass is 296 g/mol. The summed E-state index contributed by atoms with van der Waals surface area (Å²) in [4.78, 5) is 0.691. The van der Waals surface area contributed by atoms with Crippen LogP contribution in [0.1, 0.15) is 44.6 Å². The van der Waals surface area contributed by atoms with Crippen LogP contribution in [-0.2, 0) is 6.42 Å². The van der Waals surface area contributed by atoms with Gasteiger partial charge in [-0.3, -0.25) is 0 Å². The maximum Gasteiger partial charge on any atom is 0.123 e. The molecule has 0 amide bonds. The second-order valence-corrected chi connectivity index (χ2v) is 6.16. The Kier molecular flexibility index (Phi) is 4.90. The molecule has 1 aromatic rings. The molecule has 2 atom stereocenters. The summed E-state index contributed by atoms with van der Waals surface area (Å²) in [5.41, 5.74) is 1.38. The third-order valence-corrected chi connectivity index (χ3v) is 4.27. The molecule has 17 heavy (non-hydrogen) atoms. The van der Waals surface area contributed by atoms with E-state index in [0.717, 1.165) is 12.2 Å². The van der Waals surface area contributed by atoms with Gasteiger partial charge in [0.15, 0.2) is 0 Å². The van der Waals surface area contributed by atoms with Crippen LogP contribution in [0, 0.1) is 0 Å². The first kappa shape index (κ1) is 12.9. The standard InChI is InChI=1S/C15H21BrO/c1-2-6-13(16)8-5-9-14-11-12-7-3-4-10-15(12)17-14/h3-4,7,10,13-14H,2,5-6,8-9,11H2,1H3. The van der Waals surface area contributed by atoms with Crippen molar-refractivity contribution in [3.63, 3.8) is 0 Å². The van der Waals surface area contributed by atoms with Gasteiger partial charge in [-0.2, -0.15) is 0 Å². The van der Waals surface area contributed by atoms with Crippen LogP contribution in [0.4, 0.5) is 0 Å². The Hall–Kier alpha value is -0.500. The van der Waals surface area contributed by atoms with Crippen LogP contribution in [0.2, 0.25) is 0 Å². The molecule has 0 spiro atoms. The second-order valence-electron chi connectivity index (χ2n) is 4.87. The van der Waals surface area contributed by atoms with E-state index in [1.54, 1.807) is 0 Å². The Bertz CT molecular complexity index is 326. The fourth-order valence-corrected chi connectivity index (χ4v) is 3.22. The zero-order valence-corrected chi connectivity index (χ0v) is 12.1. The first-order valence-corrected chi connectivity index (χ1v) is 7.59. The molecule has 2 heteroatoms. The lowest BCUT2D eigenvalue weighted by Gasteiger charge is -2.12. The lowest BCUT2D eigenvalue weighted by molar-refractivity contribution is 0.216. The van der Waals surface area contributed by atoms with Gasteiger partial charge in [0.05, 0.1) is 0 Å². The topological polar surface area (TPSA) is 9.23 Å². The van der Waals surface area contributed by atoms with Crippen LogP contribution in [0.5, 0.6) is 5.75 Å². The third kappa shape index (κ3) is 3.74. The molecule has 0 aliphatic carbocycles. The molecule has 1 aromatic carbocycles. The van der Waals surface area contributed by atoms with Gasteiger partial charge in [-0.05, 0) is 37.3 Å². The van der Waals surface area contributed by atoms with E-state index < -0.39 is 0 Å². The molecular formula is C15H21BrO. The fourth-order valence-electron chi connectivity index (χ4n) is 2.44. The highest BCUT2D eigenvalue weighted by molar-refractivity contribution is 9.09. The number of para-hydroxylation sites is 1. The van der Waals surface area contributed by atoms with Gasteiger partial charge in [0, 0.05) is 11.2 Å². The Labute approximate surface area is 113 Å². The van der Waals surface area contributed by atoms with Crippen molar-refractivity contribution in [2.24, 2.45) is 0 Å². The van der Waals surface area contributed by atoms with Gasteiger partial charge in [-0.1, -0.05) is 47.5 Å². The average Bonchev–Trinajstić information content (AvgIpc) is 2.71. The van der Waals surface area contributed by atoms with Crippen LogP contribution in [0.15, 0.2) is 24.3 Å². The predicted molar refractivity (Wildman–Crippen MR) is 76.0 cm³/mol. The molecule has 1 aliphatic heterocycles. The molecule has 1 heterocycles. The van der Waals surface area contributed by atoms with E-state index in [2.05, 4.69) is 47.1 Å². The number of ether oxygens (including phenoxy) is 1. The summed E-state index contributed by atoms with van der Waals surface area (Å²) in [6, 6.07) is 8.41. The van der Waals surface area contributed by atoms with Crippen molar-refractivity contribution < 1.29 is 4.74 Å². The van der Waals surface area contributed by atoms with E-state index in [4.69, 9.17) is 4.74 Å². The van der Waals surface area contributed by atoms with E-state index >= 15 is 0 Å². The van der Waals surface area contributed by atoms with Crippen molar-refractivity contribution in [1.29, 1.82) is 0 Å². The molecule has 0 saturated carbocycles. The van der Waals surface area contributed by atoms with E-state index in [0.29, 0.717) is 10.9 Å². The molecule has 1 nitrogen and oxygen atoms in total. The summed E-state index contributed by atoms with van der Waals surface area (Å²) in [6.07, 6.45) is 7.76. The lowest BCUT2D eigenvalue weighted by Crippen LogP contribution is -2.13. The number of rotatable bonds is 6. The molecule has 0 saturated heterocycles. The van der Waals surface area contributed by atoms with E-state index in [-0.39, 0.29) is 0 Å². The first-order chi connectivity index (χ1) is 8.29. The minimum Gasteiger partial charge on any atom is -0.490 e. The quantitative estimate of drug-likeness (QED) is 0.690. The van der Waals surface area contributed by atoms with Crippen molar-refractivity contribution in [1.82, 2.24) is 0 Å². The van der Waals surface area contributed by atoms with E-state index in [9.17, 15) is 0 Å². The summed E-state index contributed by atoms with van der Waals surface area (Å²) in [6.45, 7) is 2.24. The Morgan fingerprint density at radius 3 is 2.94 bits per heavy atom. The number of hydrogen-bond donors (Lipinski definition) is 0. The highest BCUT2D eigenvalue weighted by Gasteiger charge is 2.21. The van der Waals surface area contributed by atoms with Crippen LogP contribution < -0.4 is 4.74 Å². The highest BCUT2D eigenvalue weighted by atomic mass is 79.9. The Morgan fingerprint density at radius 1 is 1.35 bits per heavy atom. The normalized spacial score (nSPS) is 19.8. The second kappa shape index (κ2) is 6.44. The summed E-state index contributed by atoms with van der Waals surface area (Å²) in [5, 5.41) is 0. The highest BCUT2D eigenvalue weighted by Crippen LogP contribution is 2.30. The lowest BCUT2D eigenvalue weighted by atomic mass is 10.0. The van der Waals surface area contributed by atoms with Gasteiger partial charge < -0.3 is 4.74 Å². The van der Waals surface area contributed by atoms with Gasteiger partial charge in [-0.25, -0.2) is 0 Å². The minimum absolute atomic E-state index is 0.411. The van der Waals surface area contributed by atoms with Crippen LogP contribution in [0.25, 0.3) is 0 Å². The Morgan fingerprint density at radius 2 is 2.18 bits per heavy atom. The summed E-state index contributed by atoms with van der Waals surface area (Å²) < 4.78 is 5.93. The number of benzene rings is 1. The van der Waals surface area contributed by atoms with Crippen molar-refractivity contribution in [2.75, 3.05) is 0 Å². The zero-order valence-electron chi connectivity index (χ0n) is 10.5. The van der Waals surface area contributed by atoms with Gasteiger partial charge in [0.1, 0.15) is 11.9 Å². The smallest absolute Gasteiger partial charge is 0.123 e. The summed E-state index contributed by atoms with van der Waals surface area (Å²) in [7, 11) is 0. The Balaban J connectivity index is 1.70. The van der Waals surface area contributed by atoms with Crippen molar-refractivity contribution in [3.8, 4) is 5.75 Å². The molecule has 0 radical (unpaired) electrons. The van der Waals surface area contributed by atoms with Crippen LogP contribution >= 0.6 is 15.9 Å². The number of halogens is 1. The predicted octanol–water partition coefficient (Wildman–Crippen LogP) is 4.72. The van der Waals surface area contributed by atoms with Crippen LogP contribution in [-0.4, -0.2) is 10.9 Å². The zero-order chi connectivity index (χ0) is 12.1. The summed E-state index contributed by atoms with van der Waals surface area (Å²) in [5.74, 6) is 1.10. The van der Waals surface area contributed by atoms with Gasteiger partial charge in [-0.15, -0.1) is 0 Å². The van der Waals surface area contributed by atoms with Crippen molar-refractivity contribution in [2.45, 2.75) is 56.4 Å². The first-order valence-electron chi connectivity index (χ1n) is 6.68.